The number of rotatable bonds is 12. The molecule has 0 bridgehead atoms. The standard InChI is InChI=1S/C31H41F2N5O8S/c1-7-12-47-28-35-26(34-20-15-22(43-11-10-39)25-24(20)44-31(5,6)45-25)23(38(41)42)27(36-28)37(29(40)46-30(2,3)4)21-14-17(21)16-8-9-18(32)19(33)13-16/h8-9,13,17,20-22,24-25,39H,7,10-12,14-15H2,1-6H3,(H,34,35,36)/t17-,20+,21-,22-,24+,25-/m0/s1. The predicted molar refractivity (Wildman–Crippen MR) is 169 cm³/mol. The van der Waals surface area contributed by atoms with Gasteiger partial charge in [-0.25, -0.2) is 13.6 Å². The van der Waals surface area contributed by atoms with Crippen molar-refractivity contribution in [3.05, 3.63) is 45.5 Å². The average molecular weight is 682 g/mol. The van der Waals surface area contributed by atoms with E-state index in [9.17, 15) is 28.8 Å². The van der Waals surface area contributed by atoms with E-state index >= 15 is 0 Å². The normalized spacial score (nSPS) is 26.1. The fourth-order valence-corrected chi connectivity index (χ4v) is 6.69. The van der Waals surface area contributed by atoms with E-state index < -0.39 is 76.0 Å². The number of carbonyl (C=O) groups excluding carboxylic acids is 1. The van der Waals surface area contributed by atoms with E-state index in [1.165, 1.54) is 17.8 Å². The van der Waals surface area contributed by atoms with Crippen molar-refractivity contribution in [2.45, 2.75) is 114 Å². The number of halogens is 2. The van der Waals surface area contributed by atoms with Crippen molar-refractivity contribution in [1.82, 2.24) is 9.97 Å². The van der Waals surface area contributed by atoms with Crippen molar-refractivity contribution in [2.75, 3.05) is 29.2 Å². The maximum atomic E-state index is 14.2. The molecule has 5 rings (SSSR count). The van der Waals surface area contributed by atoms with Gasteiger partial charge in [-0.1, -0.05) is 24.8 Å². The van der Waals surface area contributed by atoms with Gasteiger partial charge in [0.1, 0.15) is 17.8 Å². The Hall–Kier alpha value is -3.18. The molecule has 1 aliphatic heterocycles. The largest absolute Gasteiger partial charge is 0.443 e. The lowest BCUT2D eigenvalue weighted by Gasteiger charge is -2.28. The Morgan fingerprint density at radius 1 is 1.21 bits per heavy atom. The summed E-state index contributed by atoms with van der Waals surface area (Å²) in [5.74, 6) is -3.25. The molecule has 16 heteroatoms. The highest BCUT2D eigenvalue weighted by Crippen LogP contribution is 2.50. The molecule has 258 valence electrons. The Balaban J connectivity index is 1.58. The molecule has 0 unspecified atom stereocenters. The monoisotopic (exact) mass is 681 g/mol. The fraction of sp³-hybridized carbons (Fsp3) is 0.645. The second-order valence-electron chi connectivity index (χ2n) is 13.3. The smallest absolute Gasteiger partial charge is 0.416 e. The molecule has 2 saturated carbocycles. The van der Waals surface area contributed by atoms with Crippen LogP contribution in [0.5, 0.6) is 0 Å². The molecule has 3 aliphatic rings. The van der Waals surface area contributed by atoms with E-state index in [-0.39, 0.29) is 30.0 Å². The number of fused-ring (bicyclic) bond motifs is 1. The van der Waals surface area contributed by atoms with Crippen LogP contribution >= 0.6 is 11.8 Å². The summed E-state index contributed by atoms with van der Waals surface area (Å²) in [6.07, 6.45) is -1.03. The number of hydrogen-bond donors (Lipinski definition) is 2. The van der Waals surface area contributed by atoms with Gasteiger partial charge in [0.05, 0.1) is 30.3 Å². The lowest BCUT2D eigenvalue weighted by molar-refractivity contribution is -0.383. The minimum absolute atomic E-state index is 0.0748. The molecule has 13 nitrogen and oxygen atoms in total. The maximum Gasteiger partial charge on any atom is 0.416 e. The molecule has 0 spiro atoms. The summed E-state index contributed by atoms with van der Waals surface area (Å²) >= 11 is 1.27. The minimum atomic E-state index is -1.04. The number of nitrogens with zero attached hydrogens (tertiary/aromatic N) is 4. The predicted octanol–water partition coefficient (Wildman–Crippen LogP) is 5.54. The number of benzene rings is 1. The fourth-order valence-electron chi connectivity index (χ4n) is 5.99. The second-order valence-corrected chi connectivity index (χ2v) is 14.3. The molecule has 1 saturated heterocycles. The molecule has 2 heterocycles. The molecule has 1 aromatic heterocycles. The van der Waals surface area contributed by atoms with Crippen LogP contribution in [0.2, 0.25) is 0 Å². The van der Waals surface area contributed by atoms with Crippen molar-refractivity contribution in [1.29, 1.82) is 0 Å². The number of anilines is 2. The van der Waals surface area contributed by atoms with Gasteiger partial charge in [0, 0.05) is 17.7 Å². The van der Waals surface area contributed by atoms with E-state index in [2.05, 4.69) is 15.3 Å². The molecule has 2 N–H and O–H groups in total. The van der Waals surface area contributed by atoms with Gasteiger partial charge in [-0.05, 0) is 71.6 Å². The Labute approximate surface area is 275 Å². The lowest BCUT2D eigenvalue weighted by Crippen LogP contribution is -2.40. The molecule has 47 heavy (non-hydrogen) atoms. The van der Waals surface area contributed by atoms with Crippen LogP contribution < -0.4 is 10.2 Å². The molecule has 3 fully saturated rings. The SMILES string of the molecule is CCCSc1nc(N[C@@H]2C[C@H](OCCO)[C@@H]3OC(C)(C)O[C@@H]32)c([N+](=O)[O-])c(N(C(=O)OC(C)(C)C)[C@H]2C[C@H]2c2ccc(F)c(F)c2)n1. The topological polar surface area (TPSA) is 158 Å². The number of aromatic nitrogens is 2. The molecular formula is C31H41F2N5O8S. The van der Waals surface area contributed by atoms with Crippen LogP contribution in [-0.2, 0) is 18.9 Å². The quantitative estimate of drug-likeness (QED) is 0.125. The Morgan fingerprint density at radius 3 is 2.57 bits per heavy atom. The molecule has 6 atom stereocenters. The van der Waals surface area contributed by atoms with Gasteiger partial charge < -0.3 is 29.4 Å². The van der Waals surface area contributed by atoms with Gasteiger partial charge in [-0.3, -0.25) is 15.0 Å². The van der Waals surface area contributed by atoms with Crippen molar-refractivity contribution >= 4 is 35.2 Å². The third-order valence-corrected chi connectivity index (χ3v) is 8.95. The Kier molecular flexibility index (Phi) is 10.3. The van der Waals surface area contributed by atoms with Crippen molar-refractivity contribution in [3.63, 3.8) is 0 Å². The molecule has 0 radical (unpaired) electrons. The maximum absolute atomic E-state index is 14.2. The van der Waals surface area contributed by atoms with Crippen LogP contribution in [0.3, 0.4) is 0 Å². The van der Waals surface area contributed by atoms with E-state index in [1.807, 2.05) is 6.92 Å². The van der Waals surface area contributed by atoms with Gasteiger partial charge >= 0.3 is 11.8 Å². The minimum Gasteiger partial charge on any atom is -0.443 e. The summed E-state index contributed by atoms with van der Waals surface area (Å²) in [5.41, 5.74) is -1.08. The molecule has 2 aromatic rings. The number of nitrogens with one attached hydrogen (secondary N) is 1. The van der Waals surface area contributed by atoms with E-state index in [4.69, 9.17) is 18.9 Å². The number of hydrogen-bond acceptors (Lipinski definition) is 12. The first kappa shape index (κ1) is 35.1. The highest BCUT2D eigenvalue weighted by Gasteiger charge is 2.56. The summed E-state index contributed by atoms with van der Waals surface area (Å²) in [6, 6.07) is 2.25. The number of carbonyl (C=O) groups is 1. The highest BCUT2D eigenvalue weighted by molar-refractivity contribution is 7.99. The van der Waals surface area contributed by atoms with E-state index in [0.29, 0.717) is 24.2 Å². The van der Waals surface area contributed by atoms with Crippen molar-refractivity contribution in [2.24, 2.45) is 0 Å². The summed E-state index contributed by atoms with van der Waals surface area (Å²) in [6.45, 7) is 10.4. The van der Waals surface area contributed by atoms with Gasteiger partial charge in [-0.15, -0.1) is 0 Å². The molecule has 1 aromatic carbocycles. The van der Waals surface area contributed by atoms with Crippen LogP contribution in [0.25, 0.3) is 0 Å². The Morgan fingerprint density at radius 2 is 1.94 bits per heavy atom. The van der Waals surface area contributed by atoms with Crippen LogP contribution in [0.1, 0.15) is 72.3 Å². The Bertz CT molecular complexity index is 1490. The number of aliphatic hydroxyl groups is 1. The molecule has 2 aliphatic carbocycles. The summed E-state index contributed by atoms with van der Waals surface area (Å²) in [4.78, 5) is 36.3. The lowest BCUT2D eigenvalue weighted by atomic mass is 10.1. The third-order valence-electron chi connectivity index (χ3n) is 7.90. The van der Waals surface area contributed by atoms with Crippen molar-refractivity contribution in [3.8, 4) is 0 Å². The first-order valence-corrected chi connectivity index (χ1v) is 16.6. The average Bonchev–Trinajstić information content (AvgIpc) is 3.59. The first-order chi connectivity index (χ1) is 22.1. The number of aliphatic hydroxyl groups excluding tert-OH is 1. The third kappa shape index (κ3) is 7.94. The number of amides is 1. The second kappa shape index (κ2) is 13.7. The van der Waals surface area contributed by atoms with Gasteiger partial charge in [-0.2, -0.15) is 9.97 Å². The van der Waals surface area contributed by atoms with Crippen LogP contribution in [0, 0.1) is 21.7 Å². The van der Waals surface area contributed by atoms with E-state index in [0.717, 1.165) is 23.5 Å². The van der Waals surface area contributed by atoms with Gasteiger partial charge in [0.2, 0.25) is 11.6 Å². The number of ether oxygens (including phenoxy) is 4. The first-order valence-electron chi connectivity index (χ1n) is 15.6. The zero-order chi connectivity index (χ0) is 34.3. The van der Waals surface area contributed by atoms with E-state index in [1.54, 1.807) is 34.6 Å². The highest BCUT2D eigenvalue weighted by atomic mass is 32.2. The zero-order valence-electron chi connectivity index (χ0n) is 27.2. The zero-order valence-corrected chi connectivity index (χ0v) is 28.0. The van der Waals surface area contributed by atoms with Gasteiger partial charge in [0.25, 0.3) is 0 Å². The number of thioether (sulfide) groups is 1. The number of nitro groups is 1. The van der Waals surface area contributed by atoms with Crippen LogP contribution in [0.4, 0.5) is 30.9 Å². The van der Waals surface area contributed by atoms with Crippen LogP contribution in [0.15, 0.2) is 23.4 Å². The van der Waals surface area contributed by atoms with Crippen molar-refractivity contribution < 1.29 is 42.6 Å². The van der Waals surface area contributed by atoms with Crippen LogP contribution in [-0.4, -0.2) is 86.8 Å². The van der Waals surface area contributed by atoms with Gasteiger partial charge in [0.15, 0.2) is 22.6 Å². The molecule has 1 amide bonds. The summed E-state index contributed by atoms with van der Waals surface area (Å²) in [7, 11) is 0. The molecular weight excluding hydrogens is 640 g/mol. The summed E-state index contributed by atoms with van der Waals surface area (Å²) < 4.78 is 51.7. The summed E-state index contributed by atoms with van der Waals surface area (Å²) in [5, 5.41) is 25.6.